The van der Waals surface area contributed by atoms with Gasteiger partial charge in [-0.3, -0.25) is 0 Å². The van der Waals surface area contributed by atoms with Gasteiger partial charge in [0, 0.05) is 0 Å². The Morgan fingerprint density at radius 1 is 1.29 bits per heavy atom. The van der Waals surface area contributed by atoms with Crippen LogP contribution in [0.1, 0.15) is 66.2 Å². The first-order chi connectivity index (χ1) is 6.63. The Hall–Kier alpha value is 0. The molecule has 0 amide bonds. The third-order valence-corrected chi connectivity index (χ3v) is 5.61. The fourth-order valence-electron chi connectivity index (χ4n) is 4.14. The second-order valence-corrected chi connectivity index (χ2v) is 5.96. The van der Waals surface area contributed by atoms with Crippen molar-refractivity contribution in [1.82, 2.24) is 0 Å². The minimum absolute atomic E-state index is 0.763. The molecule has 4 atom stereocenters. The van der Waals surface area contributed by atoms with E-state index in [-0.39, 0.29) is 0 Å². The van der Waals surface area contributed by atoms with Crippen molar-refractivity contribution in [3.63, 3.8) is 0 Å². The summed E-state index contributed by atoms with van der Waals surface area (Å²) in [7, 11) is 0. The van der Waals surface area contributed by atoms with Gasteiger partial charge in [-0.25, -0.2) is 0 Å². The summed E-state index contributed by atoms with van der Waals surface area (Å²) in [6.07, 6.45) is 8.73. The van der Waals surface area contributed by atoms with Gasteiger partial charge in [-0.1, -0.05) is 53.4 Å². The Labute approximate surface area is 89.5 Å². The third kappa shape index (κ3) is 1.12. The van der Waals surface area contributed by atoms with Gasteiger partial charge in [-0.2, -0.15) is 0 Å². The van der Waals surface area contributed by atoms with Crippen LogP contribution >= 0.6 is 0 Å². The molecule has 0 aromatic carbocycles. The van der Waals surface area contributed by atoms with Gasteiger partial charge < -0.3 is 0 Å². The highest BCUT2D eigenvalue weighted by Gasteiger charge is 2.85. The summed E-state index contributed by atoms with van der Waals surface area (Å²) in [5, 5.41) is 0. The molecule has 0 saturated heterocycles. The normalized spacial score (nSPS) is 45.9. The van der Waals surface area contributed by atoms with Gasteiger partial charge in [0.2, 0.25) is 0 Å². The van der Waals surface area contributed by atoms with Crippen molar-refractivity contribution >= 4 is 0 Å². The maximum atomic E-state index is 2.53. The van der Waals surface area contributed by atoms with Gasteiger partial charge in [0.05, 0.1) is 0 Å². The van der Waals surface area contributed by atoms with E-state index in [4.69, 9.17) is 0 Å². The molecule has 0 radical (unpaired) electrons. The molecule has 0 aromatic rings. The van der Waals surface area contributed by atoms with Gasteiger partial charge in [0.1, 0.15) is 0 Å². The number of rotatable bonds is 6. The smallest absolute Gasteiger partial charge is 0.0178 e. The van der Waals surface area contributed by atoms with Crippen LogP contribution in [0.5, 0.6) is 0 Å². The van der Waals surface area contributed by atoms with Crippen LogP contribution in [-0.4, -0.2) is 0 Å². The molecule has 0 aliphatic heterocycles. The number of hydrogen-bond acceptors (Lipinski definition) is 0. The second kappa shape index (κ2) is 3.25. The third-order valence-electron chi connectivity index (χ3n) is 5.61. The van der Waals surface area contributed by atoms with Crippen LogP contribution in [0.3, 0.4) is 0 Å². The van der Waals surface area contributed by atoms with Gasteiger partial charge in [-0.05, 0) is 35.5 Å². The molecule has 2 saturated carbocycles. The lowest BCUT2D eigenvalue weighted by Crippen LogP contribution is -2.17. The summed E-state index contributed by atoms with van der Waals surface area (Å²) in [6, 6.07) is 0. The maximum absolute atomic E-state index is 2.53. The van der Waals surface area contributed by atoms with Crippen molar-refractivity contribution in [3.8, 4) is 0 Å². The van der Waals surface area contributed by atoms with Crippen LogP contribution in [0, 0.1) is 22.7 Å². The van der Waals surface area contributed by atoms with E-state index in [0.717, 1.165) is 22.7 Å². The fraction of sp³-hybridized carbons (Fsp3) is 1.00. The van der Waals surface area contributed by atoms with Crippen molar-refractivity contribution in [1.29, 1.82) is 0 Å². The summed E-state index contributed by atoms with van der Waals surface area (Å²) in [4.78, 5) is 0. The Morgan fingerprint density at radius 3 is 2.43 bits per heavy atom. The minimum Gasteiger partial charge on any atom is -0.0654 e. The van der Waals surface area contributed by atoms with Crippen molar-refractivity contribution in [2.24, 2.45) is 22.7 Å². The lowest BCUT2D eigenvalue weighted by Gasteiger charge is -2.26. The van der Waals surface area contributed by atoms with E-state index in [0.29, 0.717) is 0 Å². The summed E-state index contributed by atoms with van der Waals surface area (Å²) in [6.45, 7) is 9.72. The van der Waals surface area contributed by atoms with E-state index < -0.39 is 0 Å². The molecule has 2 aliphatic rings. The van der Waals surface area contributed by atoms with Crippen molar-refractivity contribution in [3.05, 3.63) is 0 Å². The zero-order chi connectivity index (χ0) is 10.4. The molecule has 0 bridgehead atoms. The Balaban J connectivity index is 1.80. The largest absolute Gasteiger partial charge is 0.0654 e. The van der Waals surface area contributed by atoms with Gasteiger partial charge in [0.15, 0.2) is 0 Å². The zero-order valence-corrected chi connectivity index (χ0v) is 10.4. The van der Waals surface area contributed by atoms with Crippen molar-refractivity contribution in [2.75, 3.05) is 0 Å². The average Bonchev–Trinajstić information content (AvgIpc) is 3.03. The number of unbranched alkanes of at least 4 members (excludes halogenated alkanes) is 2. The molecule has 14 heavy (non-hydrogen) atoms. The van der Waals surface area contributed by atoms with Gasteiger partial charge in [-0.15, -0.1) is 0 Å². The van der Waals surface area contributed by atoms with Gasteiger partial charge in [0.25, 0.3) is 0 Å². The molecule has 0 heterocycles. The van der Waals surface area contributed by atoms with Crippen LogP contribution in [0.25, 0.3) is 0 Å². The first-order valence-electron chi connectivity index (χ1n) is 6.63. The second-order valence-electron chi connectivity index (χ2n) is 5.96. The predicted molar refractivity (Wildman–Crippen MR) is 62.2 cm³/mol. The summed E-state index contributed by atoms with van der Waals surface area (Å²) < 4.78 is 0. The van der Waals surface area contributed by atoms with Crippen LogP contribution in [0.2, 0.25) is 0 Å². The molecule has 2 aliphatic carbocycles. The summed E-state index contributed by atoms with van der Waals surface area (Å²) in [5.74, 6) is 2.13. The number of hydrogen-bond donors (Lipinski definition) is 0. The molecular formula is C14H26. The van der Waals surface area contributed by atoms with Crippen molar-refractivity contribution in [2.45, 2.75) is 66.2 Å². The van der Waals surface area contributed by atoms with Crippen LogP contribution < -0.4 is 0 Å². The predicted octanol–water partition coefficient (Wildman–Crippen LogP) is 4.64. The Morgan fingerprint density at radius 2 is 2.00 bits per heavy atom. The minimum atomic E-state index is 0.763. The lowest BCUT2D eigenvalue weighted by atomic mass is 9.79. The average molecular weight is 194 g/mol. The Kier molecular flexibility index (Phi) is 2.44. The lowest BCUT2D eigenvalue weighted by molar-refractivity contribution is 0.234. The molecule has 2 fully saturated rings. The highest BCUT2D eigenvalue weighted by atomic mass is 14.9. The Bertz CT molecular complexity index is 220. The SMILES string of the molecule is CCCCCC(C)C12CC1C2(C)CC. The molecule has 0 N–H and O–H groups in total. The van der Waals surface area contributed by atoms with E-state index in [1.54, 1.807) is 6.42 Å². The molecule has 0 heteroatoms. The molecule has 0 nitrogen and oxygen atoms in total. The quantitative estimate of drug-likeness (QED) is 0.540. The fourth-order valence-corrected chi connectivity index (χ4v) is 4.14. The maximum Gasteiger partial charge on any atom is -0.0178 e. The van der Waals surface area contributed by atoms with E-state index in [1.165, 1.54) is 32.1 Å². The molecule has 0 aromatic heterocycles. The standard InChI is InChI=1S/C14H26/c1-5-7-8-9-11(3)14-10-12(14)13(14,4)6-2/h11-12H,5-10H2,1-4H3. The van der Waals surface area contributed by atoms with Crippen LogP contribution in [0.4, 0.5) is 0 Å². The van der Waals surface area contributed by atoms with Gasteiger partial charge >= 0.3 is 0 Å². The molecule has 82 valence electrons. The van der Waals surface area contributed by atoms with E-state index in [9.17, 15) is 0 Å². The first-order valence-corrected chi connectivity index (χ1v) is 6.63. The highest BCUT2D eigenvalue weighted by molar-refractivity contribution is 5.33. The molecular weight excluding hydrogens is 168 g/mol. The van der Waals surface area contributed by atoms with Crippen molar-refractivity contribution < 1.29 is 0 Å². The van der Waals surface area contributed by atoms with E-state index in [1.807, 2.05) is 0 Å². The molecule has 4 unspecified atom stereocenters. The number of fused-ring (bicyclic) bond motifs is 1. The monoisotopic (exact) mass is 194 g/mol. The summed E-state index contributed by atoms with van der Waals surface area (Å²) in [5.41, 5.74) is 1.59. The highest BCUT2D eigenvalue weighted by Crippen LogP contribution is 2.91. The van der Waals surface area contributed by atoms with Crippen LogP contribution in [-0.2, 0) is 0 Å². The van der Waals surface area contributed by atoms with Crippen LogP contribution in [0.15, 0.2) is 0 Å². The molecule has 2 rings (SSSR count). The van der Waals surface area contributed by atoms with E-state index >= 15 is 0 Å². The van der Waals surface area contributed by atoms with E-state index in [2.05, 4.69) is 27.7 Å². The zero-order valence-electron chi connectivity index (χ0n) is 10.4. The topological polar surface area (TPSA) is 0 Å². The molecule has 0 spiro atoms. The first kappa shape index (κ1) is 10.5. The summed E-state index contributed by atoms with van der Waals surface area (Å²) >= 11 is 0.